The molecule has 2 heteroatoms. The summed E-state index contributed by atoms with van der Waals surface area (Å²) in [6.07, 6.45) is 10.8. The minimum absolute atomic E-state index is 0.379. The Hall–Kier alpha value is -2.87. The lowest BCUT2D eigenvalue weighted by atomic mass is 9.48. The van der Waals surface area contributed by atoms with Crippen LogP contribution in [0.2, 0.25) is 0 Å². The Morgan fingerprint density at radius 1 is 0.824 bits per heavy atom. The molecule has 2 nitrogen and oxygen atoms in total. The lowest BCUT2D eigenvalue weighted by Gasteiger charge is -2.57. The molecule has 8 rings (SSSR count). The lowest BCUT2D eigenvalue weighted by Crippen LogP contribution is -2.48. The topological polar surface area (TPSA) is 8.81 Å². The van der Waals surface area contributed by atoms with Gasteiger partial charge in [-0.05, 0) is 110 Å². The van der Waals surface area contributed by atoms with E-state index in [1.54, 1.807) is 5.56 Å². The van der Waals surface area contributed by atoms with Gasteiger partial charge in [0.15, 0.2) is 6.20 Å². The third-order valence-corrected chi connectivity index (χ3v) is 9.62. The Morgan fingerprint density at radius 3 is 2.15 bits per heavy atom. The van der Waals surface area contributed by atoms with Crippen LogP contribution in [0.15, 0.2) is 66.9 Å². The number of hydrogen-bond acceptors (Lipinski definition) is 0. The minimum atomic E-state index is 0.379. The highest BCUT2D eigenvalue weighted by Crippen LogP contribution is 2.61. The van der Waals surface area contributed by atoms with Gasteiger partial charge in [-0.2, -0.15) is 0 Å². The van der Waals surface area contributed by atoms with Gasteiger partial charge in [0.25, 0.3) is 0 Å². The molecule has 0 N–H and O–H groups in total. The highest BCUT2D eigenvalue weighted by molar-refractivity contribution is 5.89. The van der Waals surface area contributed by atoms with E-state index in [1.807, 2.05) is 0 Å². The van der Waals surface area contributed by atoms with Gasteiger partial charge >= 0.3 is 0 Å². The number of benzene rings is 2. The van der Waals surface area contributed by atoms with Gasteiger partial charge in [0.05, 0.1) is 0 Å². The maximum absolute atomic E-state index is 2.60. The smallest absolute Gasteiger partial charge is 0.212 e. The van der Waals surface area contributed by atoms with Crippen LogP contribution in [0.5, 0.6) is 0 Å². The molecule has 4 aromatic rings. The van der Waals surface area contributed by atoms with Crippen LogP contribution in [0, 0.1) is 24.7 Å². The number of aryl methyl sites for hydroxylation is 2. The summed E-state index contributed by atoms with van der Waals surface area (Å²) in [6, 6.07) is 23.0. The van der Waals surface area contributed by atoms with E-state index in [2.05, 4.69) is 97.0 Å². The first-order valence-corrected chi connectivity index (χ1v) is 13.2. The molecule has 172 valence electrons. The molecule has 2 heterocycles. The van der Waals surface area contributed by atoms with Crippen LogP contribution < -0.4 is 4.57 Å². The van der Waals surface area contributed by atoms with Crippen molar-refractivity contribution < 1.29 is 4.57 Å². The van der Waals surface area contributed by atoms with Crippen molar-refractivity contribution in [3.8, 4) is 22.5 Å². The number of fused-ring (bicyclic) bond motifs is 1. The molecule has 0 atom stereocenters. The quantitative estimate of drug-likeness (QED) is 0.296. The van der Waals surface area contributed by atoms with Crippen LogP contribution in [-0.4, -0.2) is 4.57 Å². The Labute approximate surface area is 203 Å². The second-order valence-corrected chi connectivity index (χ2v) is 11.7. The lowest BCUT2D eigenvalue weighted by molar-refractivity contribution is -0.660. The van der Waals surface area contributed by atoms with Crippen LogP contribution in [0.25, 0.3) is 33.4 Å². The van der Waals surface area contributed by atoms with Crippen LogP contribution in [0.4, 0.5) is 0 Å². The zero-order valence-corrected chi connectivity index (χ0v) is 20.7. The number of nitrogens with zero attached hydrogens (tertiary/aromatic N) is 2. The second kappa shape index (κ2) is 7.31. The second-order valence-electron chi connectivity index (χ2n) is 11.7. The molecule has 2 aromatic heterocycles. The summed E-state index contributed by atoms with van der Waals surface area (Å²) in [5, 5.41) is 1.33. The number of pyridine rings is 1. The van der Waals surface area contributed by atoms with Crippen molar-refractivity contribution in [3.05, 3.63) is 78.0 Å². The zero-order chi connectivity index (χ0) is 23.0. The summed E-state index contributed by atoms with van der Waals surface area (Å²) in [6.45, 7) is 2.33. The Bertz CT molecular complexity index is 1390. The molecule has 0 radical (unpaired) electrons. The van der Waals surface area contributed by atoms with Crippen molar-refractivity contribution in [2.75, 3.05) is 0 Å². The fraction of sp³-hybridized carbons (Fsp3) is 0.406. The van der Waals surface area contributed by atoms with E-state index < -0.39 is 0 Å². The summed E-state index contributed by atoms with van der Waals surface area (Å²) in [7, 11) is 4.42. The van der Waals surface area contributed by atoms with Crippen molar-refractivity contribution >= 4 is 10.9 Å². The van der Waals surface area contributed by atoms with Gasteiger partial charge in [0.1, 0.15) is 7.05 Å². The largest absolute Gasteiger partial charge is 0.344 e. The van der Waals surface area contributed by atoms with Crippen LogP contribution in [-0.2, 0) is 19.5 Å². The summed E-state index contributed by atoms with van der Waals surface area (Å²) < 4.78 is 4.69. The summed E-state index contributed by atoms with van der Waals surface area (Å²) in [5.41, 5.74) is 10.1. The summed E-state index contributed by atoms with van der Waals surface area (Å²) >= 11 is 0. The van der Waals surface area contributed by atoms with Gasteiger partial charge in [-0.15, -0.1) is 0 Å². The molecule has 0 amide bonds. The van der Waals surface area contributed by atoms with E-state index >= 15 is 0 Å². The molecule has 4 aliphatic carbocycles. The predicted octanol–water partition coefficient (Wildman–Crippen LogP) is 7.11. The van der Waals surface area contributed by atoms with Gasteiger partial charge in [0, 0.05) is 46.9 Å². The highest BCUT2D eigenvalue weighted by atomic mass is 14.9. The fourth-order valence-electron chi connectivity index (χ4n) is 8.37. The van der Waals surface area contributed by atoms with Crippen molar-refractivity contribution in [1.82, 2.24) is 4.57 Å². The zero-order valence-electron chi connectivity index (χ0n) is 20.7. The maximum atomic E-state index is 2.60. The SMILES string of the molecule is Cc1c(-c2cc3ccccc3n2C)cc(C23CC4CC(CC(C4)C2)C3)cc1-c1cccc[n+]1C. The molecule has 34 heavy (non-hydrogen) atoms. The van der Waals surface area contributed by atoms with Crippen LogP contribution >= 0.6 is 0 Å². The normalized spacial score (nSPS) is 27.6. The predicted molar refractivity (Wildman–Crippen MR) is 140 cm³/mol. The first kappa shape index (κ1) is 20.5. The maximum Gasteiger partial charge on any atom is 0.212 e. The van der Waals surface area contributed by atoms with Crippen molar-refractivity contribution in [2.24, 2.45) is 31.8 Å². The van der Waals surface area contributed by atoms with Gasteiger partial charge < -0.3 is 4.57 Å². The van der Waals surface area contributed by atoms with Crippen LogP contribution in [0.3, 0.4) is 0 Å². The van der Waals surface area contributed by atoms with E-state index in [-0.39, 0.29) is 0 Å². The molecule has 0 saturated heterocycles. The van der Waals surface area contributed by atoms with Crippen molar-refractivity contribution in [3.63, 3.8) is 0 Å². The number of rotatable bonds is 3. The molecule has 4 saturated carbocycles. The molecular formula is C32H35N2+. The van der Waals surface area contributed by atoms with E-state index in [0.29, 0.717) is 5.41 Å². The van der Waals surface area contributed by atoms with Gasteiger partial charge in [0.2, 0.25) is 5.69 Å². The fourth-order valence-corrected chi connectivity index (χ4v) is 8.37. The Morgan fingerprint density at radius 2 is 1.47 bits per heavy atom. The van der Waals surface area contributed by atoms with E-state index in [4.69, 9.17) is 0 Å². The minimum Gasteiger partial charge on any atom is -0.344 e. The molecule has 0 spiro atoms. The van der Waals surface area contributed by atoms with E-state index in [0.717, 1.165) is 17.8 Å². The molecule has 4 aliphatic rings. The molecule has 4 fully saturated rings. The average molecular weight is 448 g/mol. The van der Waals surface area contributed by atoms with Crippen LogP contribution in [0.1, 0.15) is 49.7 Å². The molecular weight excluding hydrogens is 412 g/mol. The van der Waals surface area contributed by atoms with Gasteiger partial charge in [-0.3, -0.25) is 0 Å². The first-order chi connectivity index (χ1) is 16.5. The Balaban J connectivity index is 1.49. The third kappa shape index (κ3) is 2.97. The number of hydrogen-bond donors (Lipinski definition) is 0. The van der Waals surface area contributed by atoms with Crippen molar-refractivity contribution in [1.29, 1.82) is 0 Å². The molecule has 4 bridgehead atoms. The van der Waals surface area contributed by atoms with E-state index in [9.17, 15) is 0 Å². The third-order valence-electron chi connectivity index (χ3n) is 9.62. The van der Waals surface area contributed by atoms with Gasteiger partial charge in [-0.1, -0.05) is 18.2 Å². The van der Waals surface area contributed by atoms with E-state index in [1.165, 1.54) is 77.5 Å². The standard InChI is InChI=1S/C32H35N2/c1-21-27(30-10-6-7-11-33(30)2)16-26(32-18-22-12-23(19-32)14-24(13-22)20-32)17-28(21)31-15-25-8-4-5-9-29(25)34(31)3/h4-11,15-17,22-24H,12-14,18-20H2,1-3H3/q+1. The first-order valence-electron chi connectivity index (χ1n) is 13.2. The average Bonchev–Trinajstić information content (AvgIpc) is 3.15. The molecule has 2 aromatic carbocycles. The van der Waals surface area contributed by atoms with Crippen molar-refractivity contribution in [2.45, 2.75) is 50.9 Å². The summed E-state index contributed by atoms with van der Waals surface area (Å²) in [5.74, 6) is 2.85. The Kier molecular flexibility index (Phi) is 4.41. The van der Waals surface area contributed by atoms with Gasteiger partial charge in [-0.25, -0.2) is 4.57 Å². The summed E-state index contributed by atoms with van der Waals surface area (Å²) in [4.78, 5) is 0. The highest BCUT2D eigenvalue weighted by Gasteiger charge is 2.51. The molecule has 0 unspecified atom stereocenters. The monoisotopic (exact) mass is 447 g/mol. The number of para-hydroxylation sites is 1. The number of aromatic nitrogens is 2. The molecule has 0 aliphatic heterocycles.